The summed E-state index contributed by atoms with van der Waals surface area (Å²) in [5.74, 6) is -6.58. The molecule has 0 saturated heterocycles. The molecule has 2 atom stereocenters. The zero-order chi connectivity index (χ0) is 24.1. The van der Waals surface area contributed by atoms with Crippen LogP contribution in [-0.4, -0.2) is 44.3 Å². The predicted molar refractivity (Wildman–Crippen MR) is 115 cm³/mol. The van der Waals surface area contributed by atoms with Crippen LogP contribution < -0.4 is 0 Å². The number of hydrogen-bond acceptors (Lipinski definition) is 4. The number of carbonyl (C=O) groups is 4. The predicted octanol–water partition coefficient (Wildman–Crippen LogP) is 3.11. The smallest absolute Gasteiger partial charge is 0.316 e. The van der Waals surface area contributed by atoms with E-state index in [9.17, 15) is 39.6 Å². The molecule has 0 radical (unpaired) electrons. The second-order valence-electron chi connectivity index (χ2n) is 7.66. The van der Waals surface area contributed by atoms with E-state index in [0.717, 1.165) is 11.1 Å². The lowest BCUT2D eigenvalue weighted by Gasteiger charge is -2.44. The summed E-state index contributed by atoms with van der Waals surface area (Å²) in [5, 5.41) is 40.1. The molecule has 0 heterocycles. The Morgan fingerprint density at radius 3 is 1.06 bits per heavy atom. The third-order valence-electron chi connectivity index (χ3n) is 6.00. The van der Waals surface area contributed by atoms with E-state index in [2.05, 4.69) is 0 Å². The summed E-state index contributed by atoms with van der Waals surface area (Å²) in [6, 6.07) is 11.8. The van der Waals surface area contributed by atoms with Crippen molar-refractivity contribution < 1.29 is 39.6 Å². The van der Waals surface area contributed by atoms with Crippen LogP contribution in [0, 0.1) is 0 Å². The Kier molecular flexibility index (Phi) is 7.40. The molecule has 0 aliphatic rings. The average Bonchev–Trinajstić information content (AvgIpc) is 2.75. The van der Waals surface area contributed by atoms with Crippen molar-refractivity contribution in [3.8, 4) is 0 Å². The minimum absolute atomic E-state index is 0.0900. The molecule has 8 nitrogen and oxygen atoms in total. The summed E-state index contributed by atoms with van der Waals surface area (Å²) in [5.41, 5.74) is -3.71. The molecule has 2 aromatic rings. The van der Waals surface area contributed by atoms with Gasteiger partial charge in [-0.15, -0.1) is 0 Å². The van der Waals surface area contributed by atoms with Gasteiger partial charge in [0.25, 0.3) is 0 Å². The summed E-state index contributed by atoms with van der Waals surface area (Å²) < 4.78 is 0. The summed E-state index contributed by atoms with van der Waals surface area (Å²) in [7, 11) is 0. The van der Waals surface area contributed by atoms with Crippen LogP contribution in [0.1, 0.15) is 48.9 Å². The van der Waals surface area contributed by atoms with Crippen LogP contribution in [0.15, 0.2) is 48.5 Å². The van der Waals surface area contributed by atoms with Crippen molar-refractivity contribution in [2.24, 2.45) is 0 Å². The largest absolute Gasteiger partial charge is 0.481 e. The second-order valence-corrected chi connectivity index (χ2v) is 7.66. The Morgan fingerprint density at radius 1 is 0.594 bits per heavy atom. The zero-order valence-electron chi connectivity index (χ0n) is 17.9. The van der Waals surface area contributed by atoms with Crippen LogP contribution >= 0.6 is 0 Å². The molecule has 0 amide bonds. The maximum Gasteiger partial charge on any atom is 0.316 e. The van der Waals surface area contributed by atoms with E-state index in [1.807, 2.05) is 13.8 Å². The molecule has 170 valence electrons. The van der Waals surface area contributed by atoms with Gasteiger partial charge in [0.05, 0.1) is 12.8 Å². The highest BCUT2D eigenvalue weighted by molar-refractivity contribution is 6.00. The van der Waals surface area contributed by atoms with Gasteiger partial charge in [-0.2, -0.15) is 0 Å². The Labute approximate surface area is 185 Å². The van der Waals surface area contributed by atoms with Crippen LogP contribution in [0.25, 0.3) is 0 Å². The first-order valence-corrected chi connectivity index (χ1v) is 10.1. The van der Waals surface area contributed by atoms with Crippen molar-refractivity contribution in [1.29, 1.82) is 0 Å². The quantitative estimate of drug-likeness (QED) is 0.415. The number of rotatable bonds is 11. The molecule has 0 fully saturated rings. The third-order valence-corrected chi connectivity index (χ3v) is 6.00. The molecule has 0 aliphatic carbocycles. The van der Waals surface area contributed by atoms with Gasteiger partial charge in [0.2, 0.25) is 0 Å². The van der Waals surface area contributed by atoms with Gasteiger partial charge < -0.3 is 20.4 Å². The average molecular weight is 442 g/mol. The summed E-state index contributed by atoms with van der Waals surface area (Å²) in [4.78, 5) is 49.4. The Morgan fingerprint density at radius 2 is 0.875 bits per heavy atom. The van der Waals surface area contributed by atoms with Crippen LogP contribution in [0.5, 0.6) is 0 Å². The molecule has 8 heteroatoms. The van der Waals surface area contributed by atoms with Gasteiger partial charge in [-0.25, -0.2) is 0 Å². The van der Waals surface area contributed by atoms with Gasteiger partial charge in [-0.3, -0.25) is 19.2 Å². The zero-order valence-corrected chi connectivity index (χ0v) is 17.9. The Bertz CT molecular complexity index is 926. The molecule has 0 aliphatic heterocycles. The van der Waals surface area contributed by atoms with Crippen LogP contribution in [0.2, 0.25) is 0 Å². The van der Waals surface area contributed by atoms with Crippen LogP contribution in [0.3, 0.4) is 0 Å². The van der Waals surface area contributed by atoms with Gasteiger partial charge in [-0.1, -0.05) is 62.4 Å². The fourth-order valence-corrected chi connectivity index (χ4v) is 4.27. The minimum atomic E-state index is -2.59. The fourth-order valence-electron chi connectivity index (χ4n) is 4.27. The van der Waals surface area contributed by atoms with Gasteiger partial charge in [0.15, 0.2) is 0 Å². The molecule has 32 heavy (non-hydrogen) atoms. The fraction of sp³-hybridized carbons (Fsp3) is 0.333. The number of aliphatic carboxylic acids is 4. The van der Waals surface area contributed by atoms with Crippen LogP contribution in [-0.2, 0) is 42.8 Å². The van der Waals surface area contributed by atoms with Crippen molar-refractivity contribution in [2.75, 3.05) is 0 Å². The van der Waals surface area contributed by atoms with E-state index < -0.39 is 47.5 Å². The molecule has 2 rings (SSSR count). The first-order chi connectivity index (χ1) is 15.0. The monoisotopic (exact) mass is 442 g/mol. The van der Waals surface area contributed by atoms with E-state index in [1.165, 1.54) is 24.3 Å². The highest BCUT2D eigenvalue weighted by Gasteiger charge is 2.65. The molecular formula is C24H26O8. The van der Waals surface area contributed by atoms with E-state index in [0.29, 0.717) is 12.8 Å². The molecule has 2 unspecified atom stereocenters. The van der Waals surface area contributed by atoms with E-state index in [-0.39, 0.29) is 11.1 Å². The first-order valence-electron chi connectivity index (χ1n) is 10.1. The SMILES string of the molecule is CCc1ccc(C(CC(=O)O)(C(=O)O)C(CC(=O)O)(C(=O)O)c2ccc(CC)cc2)cc1. The molecule has 0 bridgehead atoms. The van der Waals surface area contributed by atoms with Gasteiger partial charge in [0.1, 0.15) is 10.8 Å². The summed E-state index contributed by atoms with van der Waals surface area (Å²) in [6.45, 7) is 3.75. The van der Waals surface area contributed by atoms with Gasteiger partial charge in [0, 0.05) is 0 Å². The van der Waals surface area contributed by atoms with Crippen LogP contribution in [0.4, 0.5) is 0 Å². The van der Waals surface area contributed by atoms with E-state index in [1.54, 1.807) is 24.3 Å². The molecule has 0 saturated carbocycles. The standard InChI is InChI=1S/C24H26O8/c1-3-15-5-9-17(10-6-15)23(21(29)30,13-19(25)26)24(22(31)32,14-20(27)28)18-11-7-16(4-2)8-12-18/h5-12H,3-4,13-14H2,1-2H3,(H,25,26)(H,27,28)(H,29,30)(H,31,32). The molecule has 0 spiro atoms. The third kappa shape index (κ3) is 4.21. The van der Waals surface area contributed by atoms with Crippen molar-refractivity contribution >= 4 is 23.9 Å². The lowest BCUT2D eigenvalue weighted by molar-refractivity contribution is -0.166. The molecular weight excluding hydrogens is 416 g/mol. The van der Waals surface area contributed by atoms with Crippen molar-refractivity contribution in [3.05, 3.63) is 70.8 Å². The maximum absolute atomic E-state index is 12.8. The Balaban J connectivity index is 3.04. The number of aryl methyl sites for hydroxylation is 2. The lowest BCUT2D eigenvalue weighted by Crippen LogP contribution is -2.60. The van der Waals surface area contributed by atoms with E-state index >= 15 is 0 Å². The normalized spacial score (nSPS) is 14.7. The molecule has 2 aromatic carbocycles. The topological polar surface area (TPSA) is 149 Å². The van der Waals surface area contributed by atoms with Gasteiger partial charge >= 0.3 is 23.9 Å². The van der Waals surface area contributed by atoms with Gasteiger partial charge in [-0.05, 0) is 35.1 Å². The minimum Gasteiger partial charge on any atom is -0.481 e. The van der Waals surface area contributed by atoms with Crippen molar-refractivity contribution in [2.45, 2.75) is 50.4 Å². The maximum atomic E-state index is 12.8. The Hall–Kier alpha value is -3.68. The second kappa shape index (κ2) is 9.64. The van der Waals surface area contributed by atoms with Crippen molar-refractivity contribution in [1.82, 2.24) is 0 Å². The number of benzene rings is 2. The van der Waals surface area contributed by atoms with E-state index in [4.69, 9.17) is 0 Å². The number of carboxylic acids is 4. The summed E-state index contributed by atoms with van der Waals surface area (Å²) in [6.07, 6.45) is -1.00. The highest BCUT2D eigenvalue weighted by Crippen LogP contribution is 2.50. The van der Waals surface area contributed by atoms with Crippen molar-refractivity contribution in [3.63, 3.8) is 0 Å². The lowest BCUT2D eigenvalue weighted by atomic mass is 9.53. The summed E-state index contributed by atoms with van der Waals surface area (Å²) >= 11 is 0. The number of hydrogen-bond donors (Lipinski definition) is 4. The first kappa shape index (κ1) is 24.6. The molecule has 0 aromatic heterocycles. The highest BCUT2D eigenvalue weighted by atomic mass is 16.4. The number of carboxylic acid groups (broad SMARTS) is 4. The molecule has 4 N–H and O–H groups in total.